The number of anilines is 1. The molecular weight excluding hydrogens is 371 g/mol. The molecule has 6 nitrogen and oxygen atoms in total. The standard InChI is InChI=1S/C19H14F3N5O/c20-19(21,22)28-14-7-5-13(6-8-14)11-24-17-15-3-1-2-4-16(15)25-18(26-17)27-10-9-23-12-27/h1-10,12H,11H2,(H,24,25,26). The summed E-state index contributed by atoms with van der Waals surface area (Å²) < 4.78 is 42.4. The Hall–Kier alpha value is -3.62. The highest BCUT2D eigenvalue weighted by Crippen LogP contribution is 2.24. The van der Waals surface area contributed by atoms with Crippen LogP contribution in [0.4, 0.5) is 19.0 Å². The van der Waals surface area contributed by atoms with Crippen LogP contribution < -0.4 is 10.1 Å². The van der Waals surface area contributed by atoms with Gasteiger partial charge >= 0.3 is 6.36 Å². The van der Waals surface area contributed by atoms with Crippen molar-refractivity contribution in [2.75, 3.05) is 5.32 Å². The van der Waals surface area contributed by atoms with E-state index in [1.54, 1.807) is 35.4 Å². The second-order valence-corrected chi connectivity index (χ2v) is 5.90. The van der Waals surface area contributed by atoms with E-state index >= 15 is 0 Å². The normalized spacial score (nSPS) is 11.5. The minimum absolute atomic E-state index is 0.258. The lowest BCUT2D eigenvalue weighted by Gasteiger charge is -2.12. The van der Waals surface area contributed by atoms with E-state index in [0.29, 0.717) is 18.3 Å². The summed E-state index contributed by atoms with van der Waals surface area (Å²) in [5, 5.41) is 4.06. The van der Waals surface area contributed by atoms with Crippen molar-refractivity contribution in [1.29, 1.82) is 0 Å². The first-order valence-electron chi connectivity index (χ1n) is 8.32. The summed E-state index contributed by atoms with van der Waals surface area (Å²) in [5.41, 5.74) is 1.54. The number of nitrogens with one attached hydrogen (secondary N) is 1. The fraction of sp³-hybridized carbons (Fsp3) is 0.105. The summed E-state index contributed by atoms with van der Waals surface area (Å²) in [4.78, 5) is 13.1. The highest BCUT2D eigenvalue weighted by atomic mass is 19.4. The van der Waals surface area contributed by atoms with Gasteiger partial charge in [-0.3, -0.25) is 4.57 Å². The molecule has 4 rings (SSSR count). The number of rotatable bonds is 5. The molecule has 4 aromatic rings. The first kappa shape index (κ1) is 17.8. The topological polar surface area (TPSA) is 64.9 Å². The summed E-state index contributed by atoms with van der Waals surface area (Å²) >= 11 is 0. The average Bonchev–Trinajstić information content (AvgIpc) is 3.21. The maximum Gasteiger partial charge on any atom is 0.573 e. The van der Waals surface area contributed by atoms with Gasteiger partial charge in [-0.05, 0) is 29.8 Å². The molecule has 0 atom stereocenters. The van der Waals surface area contributed by atoms with Crippen molar-refractivity contribution in [2.45, 2.75) is 12.9 Å². The third-order valence-corrected chi connectivity index (χ3v) is 3.94. The van der Waals surface area contributed by atoms with E-state index in [1.807, 2.05) is 24.3 Å². The van der Waals surface area contributed by atoms with Crippen molar-refractivity contribution >= 4 is 16.7 Å². The molecule has 0 spiro atoms. The number of aromatic nitrogens is 4. The van der Waals surface area contributed by atoms with Crippen LogP contribution in [0, 0.1) is 0 Å². The van der Waals surface area contributed by atoms with Crippen molar-refractivity contribution in [1.82, 2.24) is 19.5 Å². The lowest BCUT2D eigenvalue weighted by molar-refractivity contribution is -0.274. The molecule has 0 amide bonds. The van der Waals surface area contributed by atoms with Crippen LogP contribution in [0.2, 0.25) is 0 Å². The Morgan fingerprint density at radius 3 is 2.50 bits per heavy atom. The summed E-state index contributed by atoms with van der Waals surface area (Å²) in [6.45, 7) is 0.372. The van der Waals surface area contributed by atoms with Gasteiger partial charge in [-0.2, -0.15) is 4.98 Å². The number of para-hydroxylation sites is 1. The minimum Gasteiger partial charge on any atom is -0.406 e. The van der Waals surface area contributed by atoms with E-state index < -0.39 is 6.36 Å². The number of nitrogens with zero attached hydrogens (tertiary/aromatic N) is 4. The molecule has 0 aliphatic carbocycles. The van der Waals surface area contributed by atoms with E-state index in [0.717, 1.165) is 16.5 Å². The van der Waals surface area contributed by atoms with Crippen molar-refractivity contribution in [3.8, 4) is 11.7 Å². The fourth-order valence-electron chi connectivity index (χ4n) is 2.69. The van der Waals surface area contributed by atoms with Gasteiger partial charge in [-0.1, -0.05) is 24.3 Å². The van der Waals surface area contributed by atoms with E-state index in [1.165, 1.54) is 12.1 Å². The molecule has 0 unspecified atom stereocenters. The zero-order valence-electron chi connectivity index (χ0n) is 14.4. The number of halogens is 3. The lowest BCUT2D eigenvalue weighted by atomic mass is 10.2. The minimum atomic E-state index is -4.70. The number of hydrogen-bond donors (Lipinski definition) is 1. The molecular formula is C19H14F3N5O. The van der Waals surface area contributed by atoms with Crippen LogP contribution in [-0.4, -0.2) is 25.9 Å². The summed E-state index contributed by atoms with van der Waals surface area (Å²) in [6, 6.07) is 13.2. The number of imidazole rings is 1. The molecule has 0 bridgehead atoms. The molecule has 0 saturated carbocycles. The molecule has 9 heteroatoms. The predicted octanol–water partition coefficient (Wildman–Crippen LogP) is 4.33. The van der Waals surface area contributed by atoms with Crippen LogP contribution in [-0.2, 0) is 6.54 Å². The van der Waals surface area contributed by atoms with Gasteiger partial charge in [-0.25, -0.2) is 9.97 Å². The van der Waals surface area contributed by atoms with Crippen LogP contribution in [0.3, 0.4) is 0 Å². The van der Waals surface area contributed by atoms with Crippen LogP contribution in [0.1, 0.15) is 5.56 Å². The maximum atomic E-state index is 12.3. The van der Waals surface area contributed by atoms with E-state index in [-0.39, 0.29) is 5.75 Å². The molecule has 0 radical (unpaired) electrons. The molecule has 2 aromatic carbocycles. The lowest BCUT2D eigenvalue weighted by Crippen LogP contribution is -2.17. The molecule has 2 aromatic heterocycles. The van der Waals surface area contributed by atoms with E-state index in [4.69, 9.17) is 0 Å². The van der Waals surface area contributed by atoms with Gasteiger partial charge in [0, 0.05) is 24.3 Å². The van der Waals surface area contributed by atoms with Gasteiger partial charge in [0.05, 0.1) is 5.52 Å². The number of fused-ring (bicyclic) bond motifs is 1. The van der Waals surface area contributed by atoms with Gasteiger partial charge in [0.25, 0.3) is 0 Å². The number of hydrogen-bond acceptors (Lipinski definition) is 5. The van der Waals surface area contributed by atoms with Crippen LogP contribution in [0.15, 0.2) is 67.3 Å². The monoisotopic (exact) mass is 385 g/mol. The van der Waals surface area contributed by atoms with Gasteiger partial charge in [0.2, 0.25) is 5.95 Å². The Kier molecular flexibility index (Phi) is 4.56. The molecule has 1 N–H and O–H groups in total. The fourth-order valence-corrected chi connectivity index (χ4v) is 2.69. The molecule has 0 fully saturated rings. The first-order valence-corrected chi connectivity index (χ1v) is 8.32. The third-order valence-electron chi connectivity index (χ3n) is 3.94. The van der Waals surface area contributed by atoms with Crippen LogP contribution >= 0.6 is 0 Å². The van der Waals surface area contributed by atoms with Gasteiger partial charge < -0.3 is 10.1 Å². The summed E-state index contributed by atoms with van der Waals surface area (Å²) in [7, 11) is 0. The SMILES string of the molecule is FC(F)(F)Oc1ccc(CNc2nc(-n3ccnc3)nc3ccccc23)cc1. The van der Waals surface area contributed by atoms with E-state index in [9.17, 15) is 13.2 Å². The predicted molar refractivity (Wildman–Crippen MR) is 97.1 cm³/mol. The Bertz CT molecular complexity index is 1080. The van der Waals surface area contributed by atoms with Gasteiger partial charge in [0.1, 0.15) is 17.9 Å². The smallest absolute Gasteiger partial charge is 0.406 e. The van der Waals surface area contributed by atoms with Crippen molar-refractivity contribution in [3.63, 3.8) is 0 Å². The molecule has 0 aliphatic rings. The second-order valence-electron chi connectivity index (χ2n) is 5.90. The summed E-state index contributed by atoms with van der Waals surface area (Å²) in [5.74, 6) is 0.823. The quantitative estimate of drug-likeness (QED) is 0.554. The second kappa shape index (κ2) is 7.18. The summed E-state index contributed by atoms with van der Waals surface area (Å²) in [6.07, 6.45) is 0.278. The largest absolute Gasteiger partial charge is 0.573 e. The molecule has 0 saturated heterocycles. The Morgan fingerprint density at radius 1 is 1.00 bits per heavy atom. The Morgan fingerprint density at radius 2 is 1.79 bits per heavy atom. The maximum absolute atomic E-state index is 12.3. The zero-order valence-corrected chi connectivity index (χ0v) is 14.4. The van der Waals surface area contributed by atoms with Crippen molar-refractivity contribution in [2.24, 2.45) is 0 Å². The van der Waals surface area contributed by atoms with Crippen molar-refractivity contribution in [3.05, 3.63) is 72.8 Å². The van der Waals surface area contributed by atoms with Crippen molar-refractivity contribution < 1.29 is 17.9 Å². The Balaban J connectivity index is 1.57. The van der Waals surface area contributed by atoms with Gasteiger partial charge in [0.15, 0.2) is 0 Å². The molecule has 2 heterocycles. The third kappa shape index (κ3) is 4.03. The first-order chi connectivity index (χ1) is 13.5. The molecule has 0 aliphatic heterocycles. The van der Waals surface area contributed by atoms with Crippen LogP contribution in [0.5, 0.6) is 5.75 Å². The number of ether oxygens (including phenoxy) is 1. The zero-order chi connectivity index (χ0) is 19.6. The number of alkyl halides is 3. The molecule has 142 valence electrons. The Labute approximate surface area is 157 Å². The average molecular weight is 385 g/mol. The van der Waals surface area contributed by atoms with Gasteiger partial charge in [-0.15, -0.1) is 13.2 Å². The van der Waals surface area contributed by atoms with E-state index in [2.05, 4.69) is 25.0 Å². The highest BCUT2D eigenvalue weighted by Gasteiger charge is 2.30. The molecule has 28 heavy (non-hydrogen) atoms. The number of benzene rings is 2. The highest BCUT2D eigenvalue weighted by molar-refractivity contribution is 5.89. The van der Waals surface area contributed by atoms with Crippen LogP contribution in [0.25, 0.3) is 16.9 Å².